The van der Waals surface area contributed by atoms with Crippen LogP contribution < -0.4 is 0 Å². The third-order valence-electron chi connectivity index (χ3n) is 4.42. The lowest BCUT2D eigenvalue weighted by Crippen LogP contribution is -2.40. The van der Waals surface area contributed by atoms with E-state index in [-0.39, 0.29) is 6.10 Å². The molecule has 2 unspecified atom stereocenters. The van der Waals surface area contributed by atoms with Gasteiger partial charge in [-0.05, 0) is 50.6 Å². The van der Waals surface area contributed by atoms with Crippen LogP contribution in [-0.2, 0) is 9.53 Å². The van der Waals surface area contributed by atoms with Gasteiger partial charge in [-0.25, -0.2) is 4.79 Å². The van der Waals surface area contributed by atoms with Crippen molar-refractivity contribution < 1.29 is 14.6 Å². The highest BCUT2D eigenvalue weighted by Crippen LogP contribution is 2.26. The molecule has 2 aliphatic heterocycles. The first kappa shape index (κ1) is 13.8. The van der Waals surface area contributed by atoms with E-state index in [1.165, 1.54) is 12.8 Å². The highest BCUT2D eigenvalue weighted by Gasteiger charge is 2.32. The number of carboxylic acids is 1. The van der Waals surface area contributed by atoms with Gasteiger partial charge in [0.25, 0.3) is 0 Å². The minimum absolute atomic E-state index is 0.127. The van der Waals surface area contributed by atoms with Crippen molar-refractivity contribution in [3.8, 4) is 0 Å². The molecule has 0 radical (unpaired) electrons. The molecule has 0 aromatic carbocycles. The average Bonchev–Trinajstić information content (AvgIpc) is 2.78. The predicted octanol–water partition coefficient (Wildman–Crippen LogP) is 1.99. The summed E-state index contributed by atoms with van der Waals surface area (Å²) in [6.45, 7) is 7.80. The third kappa shape index (κ3) is 3.45. The second-order valence-electron chi connectivity index (χ2n) is 6.04. The quantitative estimate of drug-likeness (QED) is 0.834. The van der Waals surface area contributed by atoms with E-state index in [1.807, 2.05) is 0 Å². The van der Waals surface area contributed by atoms with Crippen LogP contribution in [-0.4, -0.2) is 47.8 Å². The van der Waals surface area contributed by atoms with Crippen molar-refractivity contribution in [3.63, 3.8) is 0 Å². The van der Waals surface area contributed by atoms with Crippen LogP contribution in [0.2, 0.25) is 0 Å². The summed E-state index contributed by atoms with van der Waals surface area (Å²) >= 11 is 0. The zero-order chi connectivity index (χ0) is 13.1. The van der Waals surface area contributed by atoms with Crippen molar-refractivity contribution in [2.24, 2.45) is 11.8 Å². The number of ether oxygens (including phenoxy) is 1. The molecule has 4 nitrogen and oxygen atoms in total. The Morgan fingerprint density at radius 2 is 1.94 bits per heavy atom. The number of rotatable bonds is 4. The fourth-order valence-corrected chi connectivity index (χ4v) is 3.11. The summed E-state index contributed by atoms with van der Waals surface area (Å²) in [5.41, 5.74) is 0. The summed E-state index contributed by atoms with van der Waals surface area (Å²) in [6, 6.07) is 0. The smallest absolute Gasteiger partial charge is 0.332 e. The van der Waals surface area contributed by atoms with Crippen LogP contribution in [0.25, 0.3) is 0 Å². The first-order valence-electron chi connectivity index (χ1n) is 7.17. The molecule has 2 atom stereocenters. The average molecular weight is 255 g/mol. The van der Waals surface area contributed by atoms with Gasteiger partial charge in [-0.2, -0.15) is 0 Å². The van der Waals surface area contributed by atoms with Crippen molar-refractivity contribution in [2.45, 2.75) is 51.7 Å². The lowest BCUT2D eigenvalue weighted by molar-refractivity contribution is -0.149. The molecule has 104 valence electrons. The van der Waals surface area contributed by atoms with Gasteiger partial charge < -0.3 is 14.7 Å². The molecule has 0 bridgehead atoms. The zero-order valence-electron chi connectivity index (χ0n) is 11.5. The molecule has 2 fully saturated rings. The van der Waals surface area contributed by atoms with Crippen molar-refractivity contribution in [2.75, 3.05) is 19.6 Å². The van der Waals surface area contributed by atoms with E-state index in [2.05, 4.69) is 18.7 Å². The number of likely N-dealkylation sites (tertiary alicyclic amines) is 1. The van der Waals surface area contributed by atoms with Crippen molar-refractivity contribution in [1.29, 1.82) is 0 Å². The lowest BCUT2D eigenvalue weighted by Gasteiger charge is -2.34. The van der Waals surface area contributed by atoms with Crippen LogP contribution >= 0.6 is 0 Å². The zero-order valence-corrected chi connectivity index (χ0v) is 11.5. The van der Waals surface area contributed by atoms with Gasteiger partial charge in [0.1, 0.15) is 0 Å². The molecule has 18 heavy (non-hydrogen) atoms. The van der Waals surface area contributed by atoms with Crippen LogP contribution in [0.4, 0.5) is 0 Å². The molecule has 2 heterocycles. The SMILES string of the molecule is CC(C)C1CCN(CC2CCC(C(=O)O)O2)CC1. The van der Waals surface area contributed by atoms with Crippen molar-refractivity contribution in [3.05, 3.63) is 0 Å². The van der Waals surface area contributed by atoms with E-state index >= 15 is 0 Å². The standard InChI is InChI=1S/C14H25NO3/c1-10(2)11-5-7-15(8-6-11)9-12-3-4-13(18-12)14(16)17/h10-13H,3-9H2,1-2H3,(H,16,17). The third-order valence-corrected chi connectivity index (χ3v) is 4.42. The summed E-state index contributed by atoms with van der Waals surface area (Å²) in [7, 11) is 0. The lowest BCUT2D eigenvalue weighted by atomic mass is 9.86. The molecule has 0 aliphatic carbocycles. The van der Waals surface area contributed by atoms with Crippen molar-refractivity contribution in [1.82, 2.24) is 4.90 Å². The summed E-state index contributed by atoms with van der Waals surface area (Å²) in [6.07, 6.45) is 3.66. The Labute approximate surface area is 109 Å². The Hall–Kier alpha value is -0.610. The Morgan fingerprint density at radius 1 is 1.28 bits per heavy atom. The van der Waals surface area contributed by atoms with Crippen LogP contribution in [0.5, 0.6) is 0 Å². The number of carboxylic acid groups (broad SMARTS) is 1. The summed E-state index contributed by atoms with van der Waals surface area (Å²) in [5.74, 6) is 0.833. The van der Waals surface area contributed by atoms with E-state index in [0.29, 0.717) is 6.42 Å². The van der Waals surface area contributed by atoms with Crippen LogP contribution in [0.3, 0.4) is 0 Å². The number of hydrogen-bond acceptors (Lipinski definition) is 3. The van der Waals surface area contributed by atoms with Gasteiger partial charge in [-0.1, -0.05) is 13.8 Å². The Bertz CT molecular complexity index is 285. The molecule has 4 heteroatoms. The first-order chi connectivity index (χ1) is 8.56. The largest absolute Gasteiger partial charge is 0.479 e. The van der Waals surface area contributed by atoms with Gasteiger partial charge in [0.2, 0.25) is 0 Å². The van der Waals surface area contributed by atoms with Gasteiger partial charge in [0, 0.05) is 6.54 Å². The summed E-state index contributed by atoms with van der Waals surface area (Å²) < 4.78 is 5.56. The van der Waals surface area contributed by atoms with E-state index < -0.39 is 12.1 Å². The monoisotopic (exact) mass is 255 g/mol. The second kappa shape index (κ2) is 6.02. The van der Waals surface area contributed by atoms with E-state index in [4.69, 9.17) is 9.84 Å². The Kier molecular flexibility index (Phi) is 4.62. The number of piperidine rings is 1. The molecule has 2 aliphatic rings. The normalized spacial score (nSPS) is 31.1. The number of nitrogens with zero attached hydrogens (tertiary/aromatic N) is 1. The van der Waals surface area contributed by atoms with Gasteiger partial charge >= 0.3 is 5.97 Å². The molecular formula is C14H25NO3. The maximum absolute atomic E-state index is 10.8. The first-order valence-corrected chi connectivity index (χ1v) is 7.17. The predicted molar refractivity (Wildman–Crippen MR) is 69.5 cm³/mol. The number of hydrogen-bond donors (Lipinski definition) is 1. The van der Waals surface area contributed by atoms with E-state index in [9.17, 15) is 4.79 Å². The maximum atomic E-state index is 10.8. The minimum atomic E-state index is -0.809. The maximum Gasteiger partial charge on any atom is 0.332 e. The van der Waals surface area contributed by atoms with Gasteiger partial charge in [-0.3, -0.25) is 0 Å². The van der Waals surface area contributed by atoms with Gasteiger partial charge in [0.15, 0.2) is 6.10 Å². The van der Waals surface area contributed by atoms with E-state index in [0.717, 1.165) is 37.9 Å². The fourth-order valence-electron chi connectivity index (χ4n) is 3.11. The molecule has 0 spiro atoms. The molecule has 0 aromatic heterocycles. The molecule has 2 rings (SSSR count). The highest BCUT2D eigenvalue weighted by atomic mass is 16.5. The molecular weight excluding hydrogens is 230 g/mol. The summed E-state index contributed by atoms with van der Waals surface area (Å²) in [5, 5.41) is 8.89. The molecule has 0 aromatic rings. The fraction of sp³-hybridized carbons (Fsp3) is 0.929. The molecule has 0 amide bonds. The molecule has 0 saturated carbocycles. The van der Waals surface area contributed by atoms with Crippen LogP contribution in [0.15, 0.2) is 0 Å². The minimum Gasteiger partial charge on any atom is -0.479 e. The number of aliphatic carboxylic acids is 1. The molecule has 2 saturated heterocycles. The Morgan fingerprint density at radius 3 is 2.44 bits per heavy atom. The highest BCUT2D eigenvalue weighted by molar-refractivity contribution is 5.72. The topological polar surface area (TPSA) is 49.8 Å². The van der Waals surface area contributed by atoms with Crippen LogP contribution in [0, 0.1) is 11.8 Å². The van der Waals surface area contributed by atoms with Crippen molar-refractivity contribution >= 4 is 5.97 Å². The Balaban J connectivity index is 1.71. The summed E-state index contributed by atoms with van der Waals surface area (Å²) in [4.78, 5) is 13.3. The van der Waals surface area contributed by atoms with Crippen LogP contribution in [0.1, 0.15) is 39.5 Å². The van der Waals surface area contributed by atoms with Gasteiger partial charge in [0.05, 0.1) is 6.10 Å². The number of carbonyl (C=O) groups is 1. The van der Waals surface area contributed by atoms with E-state index in [1.54, 1.807) is 0 Å². The van der Waals surface area contributed by atoms with Gasteiger partial charge in [-0.15, -0.1) is 0 Å². The second-order valence-corrected chi connectivity index (χ2v) is 6.04. The molecule has 1 N–H and O–H groups in total.